The van der Waals surface area contributed by atoms with E-state index in [1.54, 1.807) is 12.1 Å². The average molecular weight is 485 g/mol. The van der Waals surface area contributed by atoms with Crippen LogP contribution in [0.1, 0.15) is 49.8 Å². The van der Waals surface area contributed by atoms with Gasteiger partial charge in [-0.25, -0.2) is 13.1 Å². The maximum atomic E-state index is 13.4. The summed E-state index contributed by atoms with van der Waals surface area (Å²) in [5.74, 6) is 0.148. The van der Waals surface area contributed by atoms with Gasteiger partial charge in [0.05, 0.1) is 10.9 Å². The second-order valence-corrected chi connectivity index (χ2v) is 11.1. The van der Waals surface area contributed by atoms with Crippen molar-refractivity contribution in [2.45, 2.75) is 56.5 Å². The number of anilines is 1. The van der Waals surface area contributed by atoms with Gasteiger partial charge < -0.3 is 15.5 Å². The smallest absolute Gasteiger partial charge is 0.240 e. The minimum Gasteiger partial charge on any atom is -0.385 e. The average Bonchev–Trinajstić information content (AvgIpc) is 2.86. The van der Waals surface area contributed by atoms with Crippen LogP contribution in [0, 0.1) is 12.8 Å². The molecule has 0 aromatic heterocycles. The molecule has 1 atom stereocenters. The van der Waals surface area contributed by atoms with Crippen LogP contribution in [-0.2, 0) is 14.8 Å². The van der Waals surface area contributed by atoms with E-state index in [9.17, 15) is 13.2 Å². The number of carbonyl (C=O) groups excluding carboxylic acids is 1. The van der Waals surface area contributed by atoms with Crippen molar-refractivity contribution in [1.82, 2.24) is 14.9 Å². The van der Waals surface area contributed by atoms with E-state index in [-0.39, 0.29) is 28.8 Å². The molecule has 0 spiro atoms. The Labute approximate surface area is 203 Å². The molecule has 2 aromatic carbocycles. The summed E-state index contributed by atoms with van der Waals surface area (Å²) in [5, 5.41) is 6.63. The SMILES string of the molecule is CCNc1cc(S(=O)(=O)NC2CCC(C(=O)N3CCNC[C@@H]3c3ccccc3)CC2)ccc1C. The molecule has 7 nitrogen and oxygen atoms in total. The van der Waals surface area contributed by atoms with Gasteiger partial charge >= 0.3 is 0 Å². The van der Waals surface area contributed by atoms with Gasteiger partial charge in [0.15, 0.2) is 0 Å². The van der Waals surface area contributed by atoms with E-state index < -0.39 is 10.0 Å². The number of piperazine rings is 1. The van der Waals surface area contributed by atoms with Crippen LogP contribution in [0.5, 0.6) is 0 Å². The molecule has 1 saturated carbocycles. The van der Waals surface area contributed by atoms with Crippen LogP contribution in [0.4, 0.5) is 5.69 Å². The molecular weight excluding hydrogens is 448 g/mol. The van der Waals surface area contributed by atoms with Crippen molar-refractivity contribution >= 4 is 21.6 Å². The van der Waals surface area contributed by atoms with E-state index >= 15 is 0 Å². The third-order valence-corrected chi connectivity index (χ3v) is 8.51. The topological polar surface area (TPSA) is 90.5 Å². The third-order valence-electron chi connectivity index (χ3n) is 7.00. The second-order valence-electron chi connectivity index (χ2n) is 9.34. The summed E-state index contributed by atoms with van der Waals surface area (Å²) in [5.41, 5.74) is 3.00. The summed E-state index contributed by atoms with van der Waals surface area (Å²) >= 11 is 0. The monoisotopic (exact) mass is 484 g/mol. The Kier molecular flexibility index (Phi) is 7.91. The van der Waals surface area contributed by atoms with Crippen LogP contribution >= 0.6 is 0 Å². The zero-order valence-electron chi connectivity index (χ0n) is 20.1. The normalized spacial score (nSPS) is 23.5. The first-order chi connectivity index (χ1) is 16.4. The molecule has 4 rings (SSSR count). The number of benzene rings is 2. The summed E-state index contributed by atoms with van der Waals surface area (Å²) in [4.78, 5) is 15.7. The van der Waals surface area contributed by atoms with Crippen LogP contribution < -0.4 is 15.4 Å². The van der Waals surface area contributed by atoms with Gasteiger partial charge in [0.2, 0.25) is 15.9 Å². The van der Waals surface area contributed by atoms with Gasteiger partial charge in [0, 0.05) is 43.8 Å². The molecule has 184 valence electrons. The molecule has 1 saturated heterocycles. The number of hydrogen-bond donors (Lipinski definition) is 3. The van der Waals surface area contributed by atoms with E-state index in [1.165, 1.54) is 0 Å². The molecule has 2 fully saturated rings. The first kappa shape index (κ1) is 24.7. The molecule has 3 N–H and O–H groups in total. The molecule has 2 aromatic rings. The number of aryl methyl sites for hydroxylation is 1. The number of hydrogen-bond acceptors (Lipinski definition) is 5. The summed E-state index contributed by atoms with van der Waals surface area (Å²) < 4.78 is 28.9. The summed E-state index contributed by atoms with van der Waals surface area (Å²) in [6.45, 7) is 6.94. The number of nitrogens with zero attached hydrogens (tertiary/aromatic N) is 1. The summed E-state index contributed by atoms with van der Waals surface area (Å²) in [6.07, 6.45) is 2.75. The van der Waals surface area contributed by atoms with Gasteiger partial charge in [0.25, 0.3) is 0 Å². The molecule has 1 aliphatic carbocycles. The Bertz CT molecular complexity index is 1080. The van der Waals surface area contributed by atoms with E-state index in [0.29, 0.717) is 32.2 Å². The van der Waals surface area contributed by atoms with Crippen molar-refractivity contribution in [1.29, 1.82) is 0 Å². The minimum atomic E-state index is -3.61. The predicted octanol–water partition coefficient (Wildman–Crippen LogP) is 3.44. The molecule has 8 heteroatoms. The fraction of sp³-hybridized carbons (Fsp3) is 0.500. The van der Waals surface area contributed by atoms with Gasteiger partial charge in [-0.1, -0.05) is 36.4 Å². The standard InChI is InChI=1S/C26H36N4O3S/c1-3-28-24-17-23(14-9-19(24)2)34(32,33)29-22-12-10-21(11-13-22)26(31)30-16-15-27-18-25(30)20-7-5-4-6-8-20/h4-9,14,17,21-22,25,27-29H,3,10-13,15-16,18H2,1-2H3/t21?,22?,25-/m1/s1. The number of sulfonamides is 1. The van der Waals surface area contributed by atoms with Gasteiger partial charge in [-0.15, -0.1) is 0 Å². The van der Waals surface area contributed by atoms with Crippen LogP contribution in [0.15, 0.2) is 53.4 Å². The maximum Gasteiger partial charge on any atom is 0.240 e. The number of nitrogens with one attached hydrogen (secondary N) is 3. The highest BCUT2D eigenvalue weighted by Crippen LogP contribution is 2.31. The lowest BCUT2D eigenvalue weighted by Gasteiger charge is -2.40. The largest absolute Gasteiger partial charge is 0.385 e. The molecule has 0 radical (unpaired) electrons. The first-order valence-electron chi connectivity index (χ1n) is 12.3. The van der Waals surface area contributed by atoms with Crippen LogP contribution in [0.2, 0.25) is 0 Å². The van der Waals surface area contributed by atoms with Crippen molar-refractivity contribution in [3.05, 3.63) is 59.7 Å². The lowest BCUT2D eigenvalue weighted by molar-refractivity contribution is -0.140. The van der Waals surface area contributed by atoms with Crippen LogP contribution in [0.3, 0.4) is 0 Å². The van der Waals surface area contributed by atoms with Gasteiger partial charge in [-0.05, 0) is 62.8 Å². The molecule has 1 heterocycles. The Morgan fingerprint density at radius 1 is 1.09 bits per heavy atom. The fourth-order valence-electron chi connectivity index (χ4n) is 5.07. The quantitative estimate of drug-likeness (QED) is 0.560. The van der Waals surface area contributed by atoms with Crippen molar-refractivity contribution in [2.75, 3.05) is 31.5 Å². The van der Waals surface area contributed by atoms with Gasteiger partial charge in [-0.2, -0.15) is 0 Å². The summed E-state index contributed by atoms with van der Waals surface area (Å²) in [6, 6.07) is 15.3. The molecule has 34 heavy (non-hydrogen) atoms. The number of amides is 1. The molecule has 1 amide bonds. The first-order valence-corrected chi connectivity index (χ1v) is 13.8. The summed E-state index contributed by atoms with van der Waals surface area (Å²) in [7, 11) is -3.61. The molecule has 2 aliphatic rings. The van der Waals surface area contributed by atoms with Crippen LogP contribution in [-0.4, -0.2) is 51.4 Å². The second kappa shape index (κ2) is 10.9. The molecule has 1 aliphatic heterocycles. The zero-order valence-corrected chi connectivity index (χ0v) is 20.9. The Balaban J connectivity index is 1.37. The maximum absolute atomic E-state index is 13.4. The van der Waals surface area contributed by atoms with Crippen molar-refractivity contribution in [3.8, 4) is 0 Å². The third kappa shape index (κ3) is 5.62. The fourth-order valence-corrected chi connectivity index (χ4v) is 6.40. The lowest BCUT2D eigenvalue weighted by Crippen LogP contribution is -2.51. The Hall–Kier alpha value is -2.42. The highest BCUT2D eigenvalue weighted by Gasteiger charge is 2.35. The van der Waals surface area contributed by atoms with Crippen molar-refractivity contribution < 1.29 is 13.2 Å². The zero-order chi connectivity index (χ0) is 24.1. The van der Waals surface area contributed by atoms with Crippen molar-refractivity contribution in [2.24, 2.45) is 5.92 Å². The molecule has 0 bridgehead atoms. The van der Waals surface area contributed by atoms with E-state index in [4.69, 9.17) is 0 Å². The Morgan fingerprint density at radius 2 is 1.82 bits per heavy atom. The number of rotatable bonds is 7. The Morgan fingerprint density at radius 3 is 2.53 bits per heavy atom. The van der Waals surface area contributed by atoms with Gasteiger partial charge in [-0.3, -0.25) is 4.79 Å². The molecule has 0 unspecified atom stereocenters. The van der Waals surface area contributed by atoms with E-state index in [0.717, 1.165) is 36.4 Å². The number of carbonyl (C=O) groups is 1. The highest BCUT2D eigenvalue weighted by atomic mass is 32.2. The minimum absolute atomic E-state index is 0.0474. The van der Waals surface area contributed by atoms with Crippen LogP contribution in [0.25, 0.3) is 0 Å². The van der Waals surface area contributed by atoms with Crippen molar-refractivity contribution in [3.63, 3.8) is 0 Å². The lowest BCUT2D eigenvalue weighted by atomic mass is 9.85. The van der Waals surface area contributed by atoms with E-state index in [2.05, 4.69) is 27.5 Å². The van der Waals surface area contributed by atoms with E-state index in [1.807, 2.05) is 43.0 Å². The predicted molar refractivity (Wildman–Crippen MR) is 135 cm³/mol. The van der Waals surface area contributed by atoms with Gasteiger partial charge in [0.1, 0.15) is 0 Å². The highest BCUT2D eigenvalue weighted by molar-refractivity contribution is 7.89. The molecular formula is C26H36N4O3S.